The normalized spacial score (nSPS) is 13.2. The number of rotatable bonds is 3. The Balaban J connectivity index is 3.96. The van der Waals surface area contributed by atoms with Crippen LogP contribution in [0.2, 0.25) is 0 Å². The molecular formula is C7H9F3N2O. The van der Waals surface area contributed by atoms with Crippen molar-refractivity contribution in [3.63, 3.8) is 0 Å². The molecular weight excluding hydrogens is 185 g/mol. The lowest BCUT2D eigenvalue weighted by atomic mass is 10.2. The minimum atomic E-state index is -4.52. The molecule has 74 valence electrons. The number of alkyl halides is 3. The molecule has 0 aromatic carbocycles. The van der Waals surface area contributed by atoms with Gasteiger partial charge in [-0.25, -0.2) is 0 Å². The van der Waals surface area contributed by atoms with E-state index in [4.69, 9.17) is 5.26 Å². The average Bonchev–Trinajstić information content (AvgIpc) is 1.96. The van der Waals surface area contributed by atoms with Gasteiger partial charge in [-0.2, -0.15) is 18.4 Å². The summed E-state index contributed by atoms with van der Waals surface area (Å²) in [6.07, 6.45) is -5.76. The molecule has 0 spiro atoms. The third kappa shape index (κ3) is 5.96. The van der Waals surface area contributed by atoms with Crippen LogP contribution in [-0.2, 0) is 4.79 Å². The third-order valence-electron chi connectivity index (χ3n) is 1.26. The number of nitrogens with zero attached hydrogens (tertiary/aromatic N) is 1. The van der Waals surface area contributed by atoms with Crippen LogP contribution in [0.3, 0.4) is 0 Å². The molecule has 0 saturated heterocycles. The molecule has 0 saturated carbocycles. The Morgan fingerprint density at radius 3 is 2.46 bits per heavy atom. The molecule has 0 bridgehead atoms. The number of nitriles is 1. The van der Waals surface area contributed by atoms with Crippen molar-refractivity contribution >= 4 is 5.91 Å². The van der Waals surface area contributed by atoms with Crippen LogP contribution in [0.25, 0.3) is 0 Å². The van der Waals surface area contributed by atoms with Gasteiger partial charge >= 0.3 is 6.18 Å². The van der Waals surface area contributed by atoms with Crippen molar-refractivity contribution in [1.29, 1.82) is 5.26 Å². The van der Waals surface area contributed by atoms with Crippen molar-refractivity contribution in [2.45, 2.75) is 32.0 Å². The number of carbonyl (C=O) groups excluding carboxylic acids is 1. The van der Waals surface area contributed by atoms with E-state index in [0.717, 1.165) is 0 Å². The first-order valence-corrected chi connectivity index (χ1v) is 3.64. The van der Waals surface area contributed by atoms with E-state index in [1.807, 2.05) is 5.32 Å². The van der Waals surface area contributed by atoms with E-state index in [9.17, 15) is 18.0 Å². The molecule has 0 aromatic rings. The summed E-state index contributed by atoms with van der Waals surface area (Å²) in [5.41, 5.74) is 0. The standard InChI is InChI=1S/C7H9F3N2O/c1-2-5(4-11)12-6(13)3-7(8,9)10/h5H,2-3H2,1H3,(H,12,13). The molecule has 3 nitrogen and oxygen atoms in total. The summed E-state index contributed by atoms with van der Waals surface area (Å²) in [6.45, 7) is 1.60. The van der Waals surface area contributed by atoms with Gasteiger partial charge in [0.2, 0.25) is 5.91 Å². The maximum Gasteiger partial charge on any atom is 0.397 e. The van der Waals surface area contributed by atoms with Crippen LogP contribution in [0, 0.1) is 11.3 Å². The van der Waals surface area contributed by atoms with Gasteiger partial charge in [-0.3, -0.25) is 4.79 Å². The third-order valence-corrected chi connectivity index (χ3v) is 1.26. The van der Waals surface area contributed by atoms with Crippen molar-refractivity contribution in [2.24, 2.45) is 0 Å². The molecule has 0 aliphatic heterocycles. The second-order valence-electron chi connectivity index (χ2n) is 2.45. The van der Waals surface area contributed by atoms with Crippen LogP contribution >= 0.6 is 0 Å². The van der Waals surface area contributed by atoms with E-state index < -0.39 is 24.5 Å². The highest BCUT2D eigenvalue weighted by Gasteiger charge is 2.31. The van der Waals surface area contributed by atoms with E-state index in [2.05, 4.69) is 0 Å². The SMILES string of the molecule is CCC(C#N)NC(=O)CC(F)(F)F. The summed E-state index contributed by atoms with van der Waals surface area (Å²) >= 11 is 0. The lowest BCUT2D eigenvalue weighted by Gasteiger charge is -2.10. The molecule has 0 rings (SSSR count). The van der Waals surface area contributed by atoms with Crippen molar-refractivity contribution in [1.82, 2.24) is 5.32 Å². The average molecular weight is 194 g/mol. The molecule has 0 aliphatic carbocycles. The fraction of sp³-hybridized carbons (Fsp3) is 0.714. The lowest BCUT2D eigenvalue weighted by molar-refractivity contribution is -0.154. The van der Waals surface area contributed by atoms with E-state index in [1.54, 1.807) is 13.0 Å². The molecule has 0 aliphatic rings. The van der Waals surface area contributed by atoms with Gasteiger partial charge < -0.3 is 5.32 Å². The molecule has 0 radical (unpaired) electrons. The molecule has 13 heavy (non-hydrogen) atoms. The van der Waals surface area contributed by atoms with Gasteiger partial charge in [0.05, 0.1) is 6.07 Å². The van der Waals surface area contributed by atoms with E-state index >= 15 is 0 Å². The zero-order chi connectivity index (χ0) is 10.5. The van der Waals surface area contributed by atoms with Crippen LogP contribution in [0.5, 0.6) is 0 Å². The minimum Gasteiger partial charge on any atom is -0.340 e. The lowest BCUT2D eigenvalue weighted by Crippen LogP contribution is -2.35. The van der Waals surface area contributed by atoms with Crippen LogP contribution < -0.4 is 5.32 Å². The first-order valence-electron chi connectivity index (χ1n) is 3.64. The van der Waals surface area contributed by atoms with Crippen LogP contribution in [0.1, 0.15) is 19.8 Å². The summed E-state index contributed by atoms with van der Waals surface area (Å²) in [7, 11) is 0. The Morgan fingerprint density at radius 1 is 1.62 bits per heavy atom. The number of halogens is 3. The minimum absolute atomic E-state index is 0.292. The predicted molar refractivity (Wildman–Crippen MR) is 38.5 cm³/mol. The fourth-order valence-electron chi connectivity index (χ4n) is 0.653. The Morgan fingerprint density at radius 2 is 2.15 bits per heavy atom. The van der Waals surface area contributed by atoms with E-state index in [0.29, 0.717) is 6.42 Å². The smallest absolute Gasteiger partial charge is 0.340 e. The Kier molecular flexibility index (Phi) is 4.25. The van der Waals surface area contributed by atoms with Gasteiger partial charge in [0.15, 0.2) is 0 Å². The van der Waals surface area contributed by atoms with Gasteiger partial charge in [-0.15, -0.1) is 0 Å². The number of hydrogen-bond donors (Lipinski definition) is 1. The summed E-state index contributed by atoms with van der Waals surface area (Å²) in [5, 5.41) is 10.3. The van der Waals surface area contributed by atoms with Gasteiger partial charge in [0.25, 0.3) is 0 Å². The van der Waals surface area contributed by atoms with Crippen LogP contribution in [0.15, 0.2) is 0 Å². The fourth-order valence-corrected chi connectivity index (χ4v) is 0.653. The summed E-state index contributed by atoms with van der Waals surface area (Å²) < 4.78 is 34.9. The topological polar surface area (TPSA) is 52.9 Å². The van der Waals surface area contributed by atoms with Crippen LogP contribution in [0.4, 0.5) is 13.2 Å². The van der Waals surface area contributed by atoms with Gasteiger partial charge in [-0.05, 0) is 6.42 Å². The zero-order valence-corrected chi connectivity index (χ0v) is 6.98. The first kappa shape index (κ1) is 11.8. The van der Waals surface area contributed by atoms with Crippen LogP contribution in [-0.4, -0.2) is 18.1 Å². The molecule has 1 atom stereocenters. The van der Waals surface area contributed by atoms with Gasteiger partial charge in [-0.1, -0.05) is 6.92 Å². The number of carbonyl (C=O) groups is 1. The maximum atomic E-state index is 11.6. The van der Waals surface area contributed by atoms with Crippen molar-refractivity contribution in [3.05, 3.63) is 0 Å². The monoisotopic (exact) mass is 194 g/mol. The van der Waals surface area contributed by atoms with Crippen molar-refractivity contribution in [2.75, 3.05) is 0 Å². The Labute approximate surface area is 73.5 Å². The highest BCUT2D eigenvalue weighted by Crippen LogP contribution is 2.18. The summed E-state index contributed by atoms with van der Waals surface area (Å²) in [6, 6.07) is 0.831. The quantitative estimate of drug-likeness (QED) is 0.737. The van der Waals surface area contributed by atoms with Crippen molar-refractivity contribution < 1.29 is 18.0 Å². The summed E-state index contributed by atoms with van der Waals surface area (Å²) in [5.74, 6) is -1.17. The number of amides is 1. The Bertz CT molecular complexity index is 219. The molecule has 0 aromatic heterocycles. The largest absolute Gasteiger partial charge is 0.397 e. The zero-order valence-electron chi connectivity index (χ0n) is 6.98. The Hall–Kier alpha value is -1.25. The first-order chi connectivity index (χ1) is 5.89. The summed E-state index contributed by atoms with van der Waals surface area (Å²) in [4.78, 5) is 10.6. The van der Waals surface area contributed by atoms with Gasteiger partial charge in [0.1, 0.15) is 12.5 Å². The molecule has 0 heterocycles. The van der Waals surface area contributed by atoms with E-state index in [1.165, 1.54) is 0 Å². The number of hydrogen-bond acceptors (Lipinski definition) is 2. The number of nitrogens with one attached hydrogen (secondary N) is 1. The molecule has 1 N–H and O–H groups in total. The second kappa shape index (κ2) is 4.70. The van der Waals surface area contributed by atoms with Gasteiger partial charge in [0, 0.05) is 0 Å². The highest BCUT2D eigenvalue weighted by atomic mass is 19.4. The van der Waals surface area contributed by atoms with Crippen molar-refractivity contribution in [3.8, 4) is 6.07 Å². The molecule has 6 heteroatoms. The predicted octanol–water partition coefficient (Wildman–Crippen LogP) is 1.36. The molecule has 0 fully saturated rings. The molecule has 1 unspecified atom stereocenters. The maximum absolute atomic E-state index is 11.6. The van der Waals surface area contributed by atoms with E-state index in [-0.39, 0.29) is 0 Å². The highest BCUT2D eigenvalue weighted by molar-refractivity contribution is 5.77. The molecule has 1 amide bonds. The second-order valence-corrected chi connectivity index (χ2v) is 2.45.